The lowest BCUT2D eigenvalue weighted by Gasteiger charge is -2.29. The smallest absolute Gasteiger partial charge is 0.132 e. The molecule has 112 valence electrons. The van der Waals surface area contributed by atoms with Crippen molar-refractivity contribution in [1.82, 2.24) is 0 Å². The molecule has 0 amide bonds. The molecule has 0 radical (unpaired) electrons. The second-order valence-corrected chi connectivity index (χ2v) is 6.51. The largest absolute Gasteiger partial charge is 0.489 e. The lowest BCUT2D eigenvalue weighted by molar-refractivity contribution is 0.129. The van der Waals surface area contributed by atoms with Gasteiger partial charge >= 0.3 is 0 Å². The second-order valence-electron chi connectivity index (χ2n) is 6.51. The second kappa shape index (κ2) is 6.07. The maximum Gasteiger partial charge on any atom is 0.132 e. The molecule has 1 fully saturated rings. The van der Waals surface area contributed by atoms with Gasteiger partial charge in [-0.2, -0.15) is 0 Å². The van der Waals surface area contributed by atoms with Gasteiger partial charge in [0.2, 0.25) is 0 Å². The van der Waals surface area contributed by atoms with E-state index in [1.54, 1.807) is 0 Å². The summed E-state index contributed by atoms with van der Waals surface area (Å²) >= 11 is 0. The molecule has 3 atom stereocenters. The zero-order valence-corrected chi connectivity index (χ0v) is 13.0. The van der Waals surface area contributed by atoms with Crippen LogP contribution in [0.5, 0.6) is 5.75 Å². The van der Waals surface area contributed by atoms with E-state index in [1.165, 1.54) is 23.6 Å². The van der Waals surface area contributed by atoms with Gasteiger partial charge in [0, 0.05) is 17.0 Å². The minimum absolute atomic E-state index is 0.00869. The fraction of sp³-hybridized carbons (Fsp3) is 0.474. The van der Waals surface area contributed by atoms with Crippen molar-refractivity contribution in [1.29, 1.82) is 0 Å². The Morgan fingerprint density at radius 2 is 1.95 bits per heavy atom. The van der Waals surface area contributed by atoms with Gasteiger partial charge in [-0.1, -0.05) is 49.7 Å². The molecule has 21 heavy (non-hydrogen) atoms. The van der Waals surface area contributed by atoms with Crippen molar-refractivity contribution in [3.8, 4) is 5.75 Å². The van der Waals surface area contributed by atoms with Gasteiger partial charge in [-0.15, -0.1) is 0 Å². The molecular weight excluding hydrogens is 258 g/mol. The Hall–Kier alpha value is -1.54. The van der Waals surface area contributed by atoms with Gasteiger partial charge in [-0.05, 0) is 37.5 Å². The summed E-state index contributed by atoms with van der Waals surface area (Å²) in [7, 11) is 0. The first-order valence-electron chi connectivity index (χ1n) is 8.09. The average molecular weight is 283 g/mol. The van der Waals surface area contributed by atoms with E-state index in [0.717, 1.165) is 30.1 Å². The molecule has 2 unspecified atom stereocenters. The van der Waals surface area contributed by atoms with E-state index in [0.29, 0.717) is 6.10 Å². The van der Waals surface area contributed by atoms with Gasteiger partial charge in [0.1, 0.15) is 5.75 Å². The van der Waals surface area contributed by atoms with Crippen molar-refractivity contribution < 1.29 is 4.74 Å². The fourth-order valence-electron chi connectivity index (χ4n) is 3.40. The Kier molecular flexibility index (Phi) is 4.16. The van der Waals surface area contributed by atoms with Gasteiger partial charge in [-0.25, -0.2) is 0 Å². The van der Waals surface area contributed by atoms with Crippen LogP contribution < -0.4 is 10.5 Å². The van der Waals surface area contributed by atoms with Gasteiger partial charge in [-0.3, -0.25) is 0 Å². The molecule has 1 saturated carbocycles. The molecule has 2 heteroatoms. The molecule has 0 aliphatic heterocycles. The zero-order chi connectivity index (χ0) is 14.8. The van der Waals surface area contributed by atoms with Crippen LogP contribution in [0.25, 0.3) is 10.8 Å². The van der Waals surface area contributed by atoms with Crippen LogP contribution in [0.2, 0.25) is 0 Å². The van der Waals surface area contributed by atoms with E-state index in [1.807, 2.05) is 6.92 Å². The minimum Gasteiger partial charge on any atom is -0.489 e. The third-order valence-electron chi connectivity index (χ3n) is 4.57. The molecule has 0 saturated heterocycles. The van der Waals surface area contributed by atoms with Crippen LogP contribution >= 0.6 is 0 Å². The molecule has 0 aromatic heterocycles. The monoisotopic (exact) mass is 283 g/mol. The highest BCUT2D eigenvalue weighted by Gasteiger charge is 2.22. The summed E-state index contributed by atoms with van der Waals surface area (Å²) in [6.45, 7) is 4.35. The Morgan fingerprint density at radius 1 is 1.14 bits per heavy atom. The van der Waals surface area contributed by atoms with Crippen molar-refractivity contribution in [2.45, 2.75) is 51.7 Å². The van der Waals surface area contributed by atoms with Crippen LogP contribution in [0.4, 0.5) is 0 Å². The van der Waals surface area contributed by atoms with Gasteiger partial charge in [0.25, 0.3) is 0 Å². The number of hydrogen-bond donors (Lipinski definition) is 1. The van der Waals surface area contributed by atoms with Gasteiger partial charge in [0.15, 0.2) is 0 Å². The van der Waals surface area contributed by atoms with Gasteiger partial charge in [0.05, 0.1) is 6.10 Å². The number of hydrogen-bond acceptors (Lipinski definition) is 2. The van der Waals surface area contributed by atoms with Crippen molar-refractivity contribution in [3.05, 3.63) is 42.0 Å². The lowest BCUT2D eigenvalue weighted by atomic mass is 9.88. The molecule has 0 spiro atoms. The first-order chi connectivity index (χ1) is 10.1. The molecule has 2 aromatic rings. The number of fused-ring (bicyclic) bond motifs is 1. The summed E-state index contributed by atoms with van der Waals surface area (Å²) in [6.07, 6.45) is 5.24. The number of nitrogens with two attached hydrogens (primary N) is 1. The van der Waals surface area contributed by atoms with Crippen LogP contribution in [0.1, 0.15) is 51.1 Å². The van der Waals surface area contributed by atoms with Crippen molar-refractivity contribution >= 4 is 10.8 Å². The Labute approximate surface area is 127 Å². The third kappa shape index (κ3) is 3.06. The average Bonchev–Trinajstić information content (AvgIpc) is 2.47. The maximum atomic E-state index is 6.45. The standard InChI is InChI=1S/C19H25NO/c1-13-6-5-8-16(12-13)21-19-17(14(2)20)11-10-15-7-3-4-9-18(15)19/h3-4,7,9-11,13-14,16H,5-6,8,12,20H2,1-2H3/t13?,14-,16?/m0/s1. The molecular formula is C19H25NO. The highest BCUT2D eigenvalue weighted by molar-refractivity contribution is 5.89. The number of benzene rings is 2. The van der Waals surface area contributed by atoms with Crippen molar-refractivity contribution in [2.75, 3.05) is 0 Å². The fourth-order valence-corrected chi connectivity index (χ4v) is 3.40. The molecule has 3 rings (SSSR count). The lowest BCUT2D eigenvalue weighted by Crippen LogP contribution is -2.25. The quantitative estimate of drug-likeness (QED) is 0.876. The first kappa shape index (κ1) is 14.4. The van der Waals surface area contributed by atoms with E-state index in [2.05, 4.69) is 43.3 Å². The van der Waals surface area contributed by atoms with Crippen LogP contribution in [0.15, 0.2) is 36.4 Å². The SMILES string of the molecule is CC1CCCC(Oc2c([C@H](C)N)ccc3ccccc23)C1. The van der Waals surface area contributed by atoms with Gasteiger partial charge < -0.3 is 10.5 Å². The Bertz CT molecular complexity index is 620. The predicted molar refractivity (Wildman–Crippen MR) is 88.6 cm³/mol. The van der Waals surface area contributed by atoms with Crippen LogP contribution in [-0.4, -0.2) is 6.10 Å². The van der Waals surface area contributed by atoms with E-state index in [9.17, 15) is 0 Å². The van der Waals surface area contributed by atoms with Crippen LogP contribution in [0.3, 0.4) is 0 Å². The van der Waals surface area contributed by atoms with Crippen LogP contribution in [0, 0.1) is 5.92 Å². The van der Waals surface area contributed by atoms with E-state index in [4.69, 9.17) is 10.5 Å². The predicted octanol–water partition coefficient (Wildman–Crippen LogP) is 4.82. The number of rotatable bonds is 3. The molecule has 0 heterocycles. The first-order valence-corrected chi connectivity index (χ1v) is 8.09. The van der Waals surface area contributed by atoms with E-state index in [-0.39, 0.29) is 6.04 Å². The van der Waals surface area contributed by atoms with Crippen LogP contribution in [-0.2, 0) is 0 Å². The highest BCUT2D eigenvalue weighted by atomic mass is 16.5. The summed E-state index contributed by atoms with van der Waals surface area (Å²) < 4.78 is 6.45. The summed E-state index contributed by atoms with van der Waals surface area (Å²) in [6, 6.07) is 12.7. The number of ether oxygens (including phenoxy) is 1. The summed E-state index contributed by atoms with van der Waals surface area (Å²) in [4.78, 5) is 0. The minimum atomic E-state index is -0.00869. The Morgan fingerprint density at radius 3 is 2.71 bits per heavy atom. The molecule has 2 nitrogen and oxygen atoms in total. The highest BCUT2D eigenvalue weighted by Crippen LogP contribution is 2.36. The molecule has 2 aromatic carbocycles. The molecule has 1 aliphatic rings. The Balaban J connectivity index is 1.99. The summed E-state index contributed by atoms with van der Waals surface area (Å²) in [5, 5.41) is 2.41. The van der Waals surface area contributed by atoms with E-state index >= 15 is 0 Å². The molecule has 0 bridgehead atoms. The normalized spacial score (nSPS) is 24.0. The summed E-state index contributed by atoms with van der Waals surface area (Å²) in [5.74, 6) is 1.76. The zero-order valence-electron chi connectivity index (χ0n) is 13.0. The third-order valence-corrected chi connectivity index (χ3v) is 4.57. The van der Waals surface area contributed by atoms with Crippen molar-refractivity contribution in [3.63, 3.8) is 0 Å². The van der Waals surface area contributed by atoms with E-state index < -0.39 is 0 Å². The molecule has 1 aliphatic carbocycles. The molecule has 2 N–H and O–H groups in total. The topological polar surface area (TPSA) is 35.2 Å². The maximum absolute atomic E-state index is 6.45. The summed E-state index contributed by atoms with van der Waals surface area (Å²) in [5.41, 5.74) is 7.28. The van der Waals surface area contributed by atoms with Crippen molar-refractivity contribution in [2.24, 2.45) is 11.7 Å².